The zero-order valence-corrected chi connectivity index (χ0v) is 12.6. The number of thiophene rings is 1. The van der Waals surface area contributed by atoms with Gasteiger partial charge in [0.05, 0.1) is 0 Å². The van der Waals surface area contributed by atoms with Gasteiger partial charge in [-0.15, -0.1) is 34.5 Å². The highest BCUT2D eigenvalue weighted by atomic mass is 35.5. The van der Waals surface area contributed by atoms with Gasteiger partial charge in [0.2, 0.25) is 0 Å². The van der Waals surface area contributed by atoms with Crippen molar-refractivity contribution in [2.24, 2.45) is 0 Å². The molecule has 0 saturated heterocycles. The minimum Gasteiger partial charge on any atom is -0.465 e. The molecule has 0 spiro atoms. The molecule has 1 amide bonds. The summed E-state index contributed by atoms with van der Waals surface area (Å²) < 4.78 is 1.37. The molecule has 1 heterocycles. The monoisotopic (exact) mass is 319 g/mol. The Morgan fingerprint density at radius 2 is 1.79 bits per heavy atom. The van der Waals surface area contributed by atoms with Gasteiger partial charge in [0.25, 0.3) is 0 Å². The van der Waals surface area contributed by atoms with Gasteiger partial charge < -0.3 is 10.0 Å². The van der Waals surface area contributed by atoms with Gasteiger partial charge in [0.1, 0.15) is 0 Å². The van der Waals surface area contributed by atoms with Crippen molar-refractivity contribution < 1.29 is 9.90 Å². The maximum absolute atomic E-state index is 10.3. The second-order valence-corrected chi connectivity index (χ2v) is 5.31. The average Bonchev–Trinajstić information content (AvgIpc) is 2.87. The van der Waals surface area contributed by atoms with E-state index < -0.39 is 6.09 Å². The van der Waals surface area contributed by atoms with E-state index in [1.807, 2.05) is 0 Å². The fourth-order valence-electron chi connectivity index (χ4n) is 1.41. The van der Waals surface area contributed by atoms with Crippen LogP contribution in [-0.2, 0) is 0 Å². The first-order valence-electron chi connectivity index (χ1n) is 5.71. The van der Waals surface area contributed by atoms with Crippen molar-refractivity contribution in [3.05, 3.63) is 35.7 Å². The third-order valence-electron chi connectivity index (χ3n) is 2.34. The van der Waals surface area contributed by atoms with Gasteiger partial charge in [-0.3, -0.25) is 0 Å². The standard InChI is InChI=1S/C8H6S.C5H9Cl2NO2/c1-2-4-8-7(3-1)5-6-9-8;6-1-3-8(4-2-7)5(9)10/h1-6H;1-4H2,(H,9,10). The van der Waals surface area contributed by atoms with Gasteiger partial charge >= 0.3 is 6.09 Å². The second kappa shape index (κ2) is 9.02. The normalized spacial score (nSPS) is 9.79. The number of rotatable bonds is 4. The minimum absolute atomic E-state index is 0.309. The molecule has 0 aliphatic carbocycles. The van der Waals surface area contributed by atoms with E-state index in [4.69, 9.17) is 28.3 Å². The van der Waals surface area contributed by atoms with E-state index in [1.54, 1.807) is 11.3 Å². The highest BCUT2D eigenvalue weighted by Gasteiger charge is 2.08. The van der Waals surface area contributed by atoms with Crippen LogP contribution in [-0.4, -0.2) is 40.9 Å². The summed E-state index contributed by atoms with van der Waals surface area (Å²) in [6.07, 6.45) is -0.971. The zero-order valence-electron chi connectivity index (χ0n) is 10.3. The topological polar surface area (TPSA) is 40.5 Å². The molecule has 1 N–H and O–H groups in total. The maximum atomic E-state index is 10.3. The number of amides is 1. The molecule has 0 bridgehead atoms. The third kappa shape index (κ3) is 5.68. The van der Waals surface area contributed by atoms with E-state index in [-0.39, 0.29) is 0 Å². The molecular weight excluding hydrogens is 305 g/mol. The lowest BCUT2D eigenvalue weighted by atomic mass is 10.3. The Morgan fingerprint density at radius 1 is 1.16 bits per heavy atom. The van der Waals surface area contributed by atoms with Gasteiger partial charge in [-0.2, -0.15) is 0 Å². The van der Waals surface area contributed by atoms with Crippen LogP contribution in [0.15, 0.2) is 35.7 Å². The fourth-order valence-corrected chi connectivity index (χ4v) is 2.61. The predicted molar refractivity (Wildman–Crippen MR) is 82.9 cm³/mol. The second-order valence-electron chi connectivity index (χ2n) is 3.61. The van der Waals surface area contributed by atoms with E-state index in [2.05, 4.69) is 35.7 Å². The predicted octanol–water partition coefficient (Wildman–Crippen LogP) is 4.35. The highest BCUT2D eigenvalue weighted by molar-refractivity contribution is 7.17. The van der Waals surface area contributed by atoms with Crippen molar-refractivity contribution in [1.82, 2.24) is 4.90 Å². The number of benzene rings is 1. The maximum Gasteiger partial charge on any atom is 0.407 e. The van der Waals surface area contributed by atoms with Gasteiger partial charge in [0, 0.05) is 29.5 Å². The van der Waals surface area contributed by atoms with E-state index >= 15 is 0 Å². The Bertz CT molecular complexity index is 468. The summed E-state index contributed by atoms with van der Waals surface area (Å²) in [6.45, 7) is 0.674. The SMILES string of the molecule is O=C(O)N(CCCl)CCCl.c1ccc2sccc2c1. The molecular formula is C13H15Cl2NO2S. The van der Waals surface area contributed by atoms with Crippen LogP contribution < -0.4 is 0 Å². The number of carbonyl (C=O) groups is 1. The number of carboxylic acid groups (broad SMARTS) is 1. The quantitative estimate of drug-likeness (QED) is 0.851. The largest absolute Gasteiger partial charge is 0.465 e. The van der Waals surface area contributed by atoms with Crippen LogP contribution >= 0.6 is 34.5 Å². The molecule has 0 radical (unpaired) electrons. The van der Waals surface area contributed by atoms with Crippen LogP contribution in [0.2, 0.25) is 0 Å². The first-order valence-corrected chi connectivity index (χ1v) is 7.66. The Morgan fingerprint density at radius 3 is 2.32 bits per heavy atom. The Balaban J connectivity index is 0.000000190. The summed E-state index contributed by atoms with van der Waals surface area (Å²) in [5.41, 5.74) is 0. The van der Waals surface area contributed by atoms with Crippen molar-refractivity contribution in [3.63, 3.8) is 0 Å². The van der Waals surface area contributed by atoms with Crippen molar-refractivity contribution in [3.8, 4) is 0 Å². The lowest BCUT2D eigenvalue weighted by Crippen LogP contribution is -2.32. The number of nitrogens with zero attached hydrogens (tertiary/aromatic N) is 1. The molecule has 19 heavy (non-hydrogen) atoms. The van der Waals surface area contributed by atoms with Crippen LogP contribution in [0, 0.1) is 0 Å². The highest BCUT2D eigenvalue weighted by Crippen LogP contribution is 2.18. The van der Waals surface area contributed by atoms with Gasteiger partial charge in [-0.05, 0) is 22.9 Å². The van der Waals surface area contributed by atoms with Gasteiger partial charge in [-0.25, -0.2) is 4.79 Å². The molecule has 0 aliphatic heterocycles. The first-order chi connectivity index (χ1) is 9.19. The lowest BCUT2D eigenvalue weighted by molar-refractivity contribution is 0.151. The Hall–Kier alpha value is -0.970. The number of alkyl halides is 2. The zero-order chi connectivity index (χ0) is 14.1. The summed E-state index contributed by atoms with van der Waals surface area (Å²) in [4.78, 5) is 11.5. The van der Waals surface area contributed by atoms with Crippen LogP contribution in [0.25, 0.3) is 10.1 Å². The molecule has 6 heteroatoms. The van der Waals surface area contributed by atoms with Crippen LogP contribution in [0.1, 0.15) is 0 Å². The minimum atomic E-state index is -0.971. The summed E-state index contributed by atoms with van der Waals surface area (Å²) in [6, 6.07) is 10.5. The number of halogens is 2. The van der Waals surface area contributed by atoms with Crippen molar-refractivity contribution in [2.75, 3.05) is 24.8 Å². The van der Waals surface area contributed by atoms with Gasteiger partial charge in [0.15, 0.2) is 0 Å². The van der Waals surface area contributed by atoms with Crippen molar-refractivity contribution in [2.45, 2.75) is 0 Å². The third-order valence-corrected chi connectivity index (χ3v) is 3.58. The number of hydrogen-bond acceptors (Lipinski definition) is 2. The number of fused-ring (bicyclic) bond motifs is 1. The molecule has 0 unspecified atom stereocenters. The number of hydrogen-bond donors (Lipinski definition) is 1. The summed E-state index contributed by atoms with van der Waals surface area (Å²) in [5, 5.41) is 11.9. The summed E-state index contributed by atoms with van der Waals surface area (Å²) in [5.74, 6) is 0.617. The molecule has 1 aromatic heterocycles. The molecule has 0 aliphatic rings. The molecule has 2 rings (SSSR count). The van der Waals surface area contributed by atoms with Crippen molar-refractivity contribution >= 4 is 50.7 Å². The first kappa shape index (κ1) is 16.1. The molecule has 104 valence electrons. The average molecular weight is 320 g/mol. The van der Waals surface area contributed by atoms with E-state index in [0.717, 1.165) is 0 Å². The molecule has 2 aromatic rings. The van der Waals surface area contributed by atoms with E-state index in [9.17, 15) is 4.79 Å². The molecule has 0 fully saturated rings. The van der Waals surface area contributed by atoms with E-state index in [1.165, 1.54) is 15.0 Å². The van der Waals surface area contributed by atoms with Crippen LogP contribution in [0.5, 0.6) is 0 Å². The molecule has 0 atom stereocenters. The Kier molecular flexibility index (Phi) is 7.63. The lowest BCUT2D eigenvalue weighted by Gasteiger charge is -2.15. The van der Waals surface area contributed by atoms with Crippen molar-refractivity contribution in [1.29, 1.82) is 0 Å². The van der Waals surface area contributed by atoms with Gasteiger partial charge in [-0.1, -0.05) is 18.2 Å². The fraction of sp³-hybridized carbons (Fsp3) is 0.308. The van der Waals surface area contributed by atoms with Crippen LogP contribution in [0.4, 0.5) is 4.79 Å². The Labute approximate surface area is 126 Å². The molecule has 1 aromatic carbocycles. The smallest absolute Gasteiger partial charge is 0.407 e. The summed E-state index contributed by atoms with van der Waals surface area (Å²) >= 11 is 12.4. The summed E-state index contributed by atoms with van der Waals surface area (Å²) in [7, 11) is 0. The van der Waals surface area contributed by atoms with Crippen LogP contribution in [0.3, 0.4) is 0 Å². The molecule has 0 saturated carbocycles. The van der Waals surface area contributed by atoms with E-state index in [0.29, 0.717) is 24.8 Å². The molecule has 3 nitrogen and oxygen atoms in total.